The number of nitrogens with zero attached hydrogens (tertiary/aromatic N) is 2. The third kappa shape index (κ3) is 6.76. The van der Waals surface area contributed by atoms with Gasteiger partial charge >= 0.3 is 0 Å². The van der Waals surface area contributed by atoms with Crippen molar-refractivity contribution < 1.29 is 4.42 Å². The second kappa shape index (κ2) is 16.0. The van der Waals surface area contributed by atoms with E-state index in [0.717, 1.165) is 61.4 Å². The van der Waals surface area contributed by atoms with Gasteiger partial charge in [-0.2, -0.15) is 0 Å². The highest BCUT2D eigenvalue weighted by molar-refractivity contribution is 6.13. The van der Waals surface area contributed by atoms with E-state index in [1.165, 1.54) is 60.4 Å². The van der Waals surface area contributed by atoms with Crippen molar-refractivity contribution >= 4 is 71.6 Å². The molecule has 67 heavy (non-hydrogen) atoms. The van der Waals surface area contributed by atoms with E-state index in [1.807, 2.05) is 12.1 Å². The Hall–Kier alpha value is -8.92. The first-order valence-electron chi connectivity index (χ1n) is 22.9. The Kier molecular flexibility index (Phi) is 9.17. The molecule has 3 nitrogen and oxygen atoms in total. The van der Waals surface area contributed by atoms with E-state index in [4.69, 9.17) is 4.42 Å². The van der Waals surface area contributed by atoms with Crippen LogP contribution in [0.5, 0.6) is 0 Å². The van der Waals surface area contributed by atoms with E-state index in [-0.39, 0.29) is 0 Å². The summed E-state index contributed by atoms with van der Waals surface area (Å²) in [5, 5.41) is 7.25. The molecule has 2 heterocycles. The summed E-state index contributed by atoms with van der Waals surface area (Å²) in [6.45, 7) is 0. The van der Waals surface area contributed by atoms with Gasteiger partial charge in [0.05, 0.1) is 11.0 Å². The molecule has 13 aromatic rings. The van der Waals surface area contributed by atoms with E-state index in [1.54, 1.807) is 0 Å². The smallest absolute Gasteiger partial charge is 0.136 e. The van der Waals surface area contributed by atoms with Crippen LogP contribution in [-0.4, -0.2) is 4.57 Å². The molecule has 0 unspecified atom stereocenters. The average molecular weight is 855 g/mol. The summed E-state index contributed by atoms with van der Waals surface area (Å²) >= 11 is 0. The second-order valence-electron chi connectivity index (χ2n) is 17.3. The fourth-order valence-electron chi connectivity index (χ4n) is 10.1. The topological polar surface area (TPSA) is 21.3 Å². The molecular formula is C64H42N2O. The van der Waals surface area contributed by atoms with Crippen molar-refractivity contribution in [3.8, 4) is 50.2 Å². The van der Waals surface area contributed by atoms with Gasteiger partial charge < -0.3 is 13.9 Å². The maximum absolute atomic E-state index is 6.24. The van der Waals surface area contributed by atoms with Gasteiger partial charge in [0.15, 0.2) is 0 Å². The van der Waals surface area contributed by atoms with Crippen molar-refractivity contribution in [2.75, 3.05) is 4.90 Å². The molecule has 0 fully saturated rings. The summed E-state index contributed by atoms with van der Waals surface area (Å²) in [6, 6.07) is 91.9. The largest absolute Gasteiger partial charge is 0.456 e. The molecule has 314 valence electrons. The molecule has 0 radical (unpaired) electrons. The number of furan rings is 1. The summed E-state index contributed by atoms with van der Waals surface area (Å²) in [4.78, 5) is 2.36. The van der Waals surface area contributed by atoms with Crippen LogP contribution in [0.15, 0.2) is 259 Å². The van der Waals surface area contributed by atoms with Crippen LogP contribution in [0, 0.1) is 0 Å². The van der Waals surface area contributed by atoms with Gasteiger partial charge in [0.25, 0.3) is 0 Å². The Morgan fingerprint density at radius 2 is 0.791 bits per heavy atom. The zero-order chi connectivity index (χ0) is 44.3. The number of hydrogen-bond donors (Lipinski definition) is 0. The lowest BCUT2D eigenvalue weighted by Crippen LogP contribution is -2.09. The summed E-state index contributed by atoms with van der Waals surface area (Å²) in [5.41, 5.74) is 18.1. The van der Waals surface area contributed by atoms with Crippen molar-refractivity contribution in [1.29, 1.82) is 0 Å². The van der Waals surface area contributed by atoms with Gasteiger partial charge in [-0.15, -0.1) is 0 Å². The Bertz CT molecular complexity index is 3920. The van der Waals surface area contributed by atoms with Gasteiger partial charge in [-0.3, -0.25) is 0 Å². The van der Waals surface area contributed by atoms with Crippen LogP contribution in [0.4, 0.5) is 17.1 Å². The normalized spacial score (nSPS) is 11.6. The number of rotatable bonds is 8. The van der Waals surface area contributed by atoms with Crippen LogP contribution >= 0.6 is 0 Å². The van der Waals surface area contributed by atoms with Crippen molar-refractivity contribution in [1.82, 2.24) is 4.57 Å². The van der Waals surface area contributed by atoms with Gasteiger partial charge in [-0.1, -0.05) is 176 Å². The van der Waals surface area contributed by atoms with Crippen molar-refractivity contribution in [2.45, 2.75) is 0 Å². The molecule has 13 rings (SSSR count). The standard InChI is InChI=1S/C64H42N2O/c1-2-13-49-42-55(39-34-43(49)12-1)65(53-37-32-47(33-38-53)48-14-9-16-51(40-48)56-21-11-25-63-64(56)59-20-5-8-24-62(59)67-63)52-35-30-45(31-36-52)44-26-28-46(29-27-44)50-15-10-17-54(41-50)66-60-22-6-3-18-57(60)58-19-4-7-23-61(58)66/h1-42H. The van der Waals surface area contributed by atoms with Crippen LogP contribution in [0.25, 0.3) is 105 Å². The first kappa shape index (κ1) is 38.5. The molecule has 3 heteroatoms. The summed E-state index contributed by atoms with van der Waals surface area (Å²) in [5.74, 6) is 0. The van der Waals surface area contributed by atoms with E-state index in [9.17, 15) is 0 Å². The number of benzene rings is 11. The van der Waals surface area contributed by atoms with Gasteiger partial charge in [-0.25, -0.2) is 0 Å². The van der Waals surface area contributed by atoms with E-state index < -0.39 is 0 Å². The fourth-order valence-corrected chi connectivity index (χ4v) is 10.1. The summed E-state index contributed by atoms with van der Waals surface area (Å²) in [6.07, 6.45) is 0. The Morgan fingerprint density at radius 1 is 0.299 bits per heavy atom. The van der Waals surface area contributed by atoms with Gasteiger partial charge in [-0.05, 0) is 134 Å². The van der Waals surface area contributed by atoms with Gasteiger partial charge in [0.2, 0.25) is 0 Å². The molecule has 0 aliphatic rings. The maximum atomic E-state index is 6.24. The first-order valence-corrected chi connectivity index (χ1v) is 22.9. The quantitative estimate of drug-likeness (QED) is 0.152. The SMILES string of the molecule is c1cc(-c2ccc(N(c3ccc(-c4ccc(-c5cccc(-n6c7ccccc7c7ccccc76)c5)cc4)cc3)c3ccc4ccccc4c3)cc2)cc(-c2cccc3oc4ccccc4c23)c1. The Labute approximate surface area is 388 Å². The molecule has 0 amide bonds. The lowest BCUT2D eigenvalue weighted by molar-refractivity contribution is 0.669. The predicted octanol–water partition coefficient (Wildman–Crippen LogP) is 18.0. The van der Waals surface area contributed by atoms with Gasteiger partial charge in [0.1, 0.15) is 11.2 Å². The van der Waals surface area contributed by atoms with Crippen molar-refractivity contribution in [3.63, 3.8) is 0 Å². The highest BCUT2D eigenvalue weighted by atomic mass is 16.3. The van der Waals surface area contributed by atoms with E-state index in [2.05, 4.69) is 252 Å². The van der Waals surface area contributed by atoms with Crippen LogP contribution in [0.2, 0.25) is 0 Å². The minimum absolute atomic E-state index is 0.905. The van der Waals surface area contributed by atoms with Crippen LogP contribution in [0.3, 0.4) is 0 Å². The highest BCUT2D eigenvalue weighted by Crippen LogP contribution is 2.41. The third-order valence-corrected chi connectivity index (χ3v) is 13.4. The molecule has 0 atom stereocenters. The van der Waals surface area contributed by atoms with Gasteiger partial charge in [0, 0.05) is 44.3 Å². The molecular weight excluding hydrogens is 813 g/mol. The monoisotopic (exact) mass is 854 g/mol. The molecule has 0 saturated carbocycles. The molecule has 0 N–H and O–H groups in total. The molecule has 0 saturated heterocycles. The first-order chi connectivity index (χ1) is 33.2. The minimum Gasteiger partial charge on any atom is -0.456 e. The molecule has 2 aromatic heterocycles. The highest BCUT2D eigenvalue weighted by Gasteiger charge is 2.17. The maximum Gasteiger partial charge on any atom is 0.136 e. The molecule has 0 aliphatic heterocycles. The van der Waals surface area contributed by atoms with Crippen molar-refractivity contribution in [3.05, 3.63) is 255 Å². The van der Waals surface area contributed by atoms with Crippen LogP contribution in [-0.2, 0) is 0 Å². The fraction of sp³-hybridized carbons (Fsp3) is 0. The van der Waals surface area contributed by atoms with Crippen LogP contribution < -0.4 is 4.90 Å². The number of aromatic nitrogens is 1. The molecule has 11 aromatic carbocycles. The number of anilines is 3. The Morgan fingerprint density at radius 3 is 1.48 bits per heavy atom. The zero-order valence-corrected chi connectivity index (χ0v) is 36.6. The average Bonchev–Trinajstić information content (AvgIpc) is 3.96. The number of hydrogen-bond acceptors (Lipinski definition) is 2. The lowest BCUT2D eigenvalue weighted by Gasteiger charge is -2.26. The summed E-state index contributed by atoms with van der Waals surface area (Å²) in [7, 11) is 0. The molecule has 0 spiro atoms. The minimum atomic E-state index is 0.905. The lowest BCUT2D eigenvalue weighted by atomic mass is 9.96. The van der Waals surface area contributed by atoms with Crippen molar-refractivity contribution in [2.24, 2.45) is 0 Å². The zero-order valence-electron chi connectivity index (χ0n) is 36.6. The number of para-hydroxylation sites is 3. The molecule has 0 aliphatic carbocycles. The van der Waals surface area contributed by atoms with Crippen LogP contribution in [0.1, 0.15) is 0 Å². The number of fused-ring (bicyclic) bond motifs is 7. The third-order valence-electron chi connectivity index (χ3n) is 13.4. The Balaban J connectivity index is 0.812. The summed E-state index contributed by atoms with van der Waals surface area (Å²) < 4.78 is 8.62. The van der Waals surface area contributed by atoms with E-state index >= 15 is 0 Å². The predicted molar refractivity (Wildman–Crippen MR) is 282 cm³/mol. The molecule has 0 bridgehead atoms. The second-order valence-corrected chi connectivity index (χ2v) is 17.3. The van der Waals surface area contributed by atoms with E-state index in [0.29, 0.717) is 0 Å².